The second-order valence-corrected chi connectivity index (χ2v) is 8.54. The van der Waals surface area contributed by atoms with Gasteiger partial charge in [-0.25, -0.2) is 14.1 Å². The van der Waals surface area contributed by atoms with Crippen LogP contribution >= 0.6 is 0 Å². The maximum absolute atomic E-state index is 13.7. The number of carbonyl (C=O) groups excluding carboxylic acids is 2. The third kappa shape index (κ3) is 5.10. The minimum atomic E-state index is -0.602. The predicted molar refractivity (Wildman–Crippen MR) is 123 cm³/mol. The predicted octanol–water partition coefficient (Wildman–Crippen LogP) is 2.91. The highest BCUT2D eigenvalue weighted by Gasteiger charge is 2.35. The highest BCUT2D eigenvalue weighted by atomic mass is 19.1. The molecule has 0 aliphatic carbocycles. The standard InChI is InChI=1S/C25H28FN5O2/c1-16(15-31-18(3)28-17(2)29-31)25(33)30-11-10-27-24(32)23(30)13-19-6-4-7-20(12-19)21-8-5-9-22(26)14-21/h4-9,12,14,16,23H,10-11,13,15H2,1-3H3,(H,27,32). The van der Waals surface area contributed by atoms with Crippen LogP contribution in [0.1, 0.15) is 24.1 Å². The molecule has 1 N–H and O–H groups in total. The summed E-state index contributed by atoms with van der Waals surface area (Å²) in [5.74, 6) is 0.536. The molecule has 2 atom stereocenters. The Hall–Kier alpha value is -3.55. The van der Waals surface area contributed by atoms with Crippen molar-refractivity contribution in [1.82, 2.24) is 25.0 Å². The fraction of sp³-hybridized carbons (Fsp3) is 0.360. The van der Waals surface area contributed by atoms with E-state index in [0.29, 0.717) is 31.9 Å². The van der Waals surface area contributed by atoms with Gasteiger partial charge in [0.15, 0.2) is 0 Å². The molecule has 33 heavy (non-hydrogen) atoms. The summed E-state index contributed by atoms with van der Waals surface area (Å²) in [6, 6.07) is 13.5. The third-order valence-corrected chi connectivity index (χ3v) is 5.96. The van der Waals surface area contributed by atoms with Gasteiger partial charge in [0.1, 0.15) is 23.5 Å². The molecule has 2 heterocycles. The number of aryl methyl sites for hydroxylation is 2. The molecule has 2 amide bonds. The van der Waals surface area contributed by atoms with Gasteiger partial charge in [0.25, 0.3) is 0 Å². The SMILES string of the molecule is Cc1nc(C)n(CC(C)C(=O)N2CCNC(=O)C2Cc2cccc(-c3cccc(F)c3)c2)n1. The average Bonchev–Trinajstić information content (AvgIpc) is 3.11. The van der Waals surface area contributed by atoms with E-state index in [1.807, 2.05) is 51.1 Å². The molecular weight excluding hydrogens is 421 g/mol. The number of amides is 2. The van der Waals surface area contributed by atoms with E-state index in [4.69, 9.17) is 0 Å². The van der Waals surface area contributed by atoms with Crippen LogP contribution in [-0.4, -0.2) is 50.6 Å². The summed E-state index contributed by atoms with van der Waals surface area (Å²) in [6.07, 6.45) is 0.384. The molecule has 7 nitrogen and oxygen atoms in total. The van der Waals surface area contributed by atoms with E-state index in [9.17, 15) is 14.0 Å². The number of benzene rings is 2. The van der Waals surface area contributed by atoms with Gasteiger partial charge in [-0.05, 0) is 42.7 Å². The Balaban J connectivity index is 1.53. The van der Waals surface area contributed by atoms with E-state index in [-0.39, 0.29) is 23.5 Å². The summed E-state index contributed by atoms with van der Waals surface area (Å²) in [4.78, 5) is 32.1. The molecule has 1 fully saturated rings. The van der Waals surface area contributed by atoms with Gasteiger partial charge in [0, 0.05) is 19.5 Å². The van der Waals surface area contributed by atoms with Crippen LogP contribution in [0.2, 0.25) is 0 Å². The quantitative estimate of drug-likeness (QED) is 0.628. The van der Waals surface area contributed by atoms with Crippen LogP contribution in [0, 0.1) is 25.6 Å². The number of piperazine rings is 1. The average molecular weight is 450 g/mol. The second kappa shape index (κ2) is 9.52. The highest BCUT2D eigenvalue weighted by Crippen LogP contribution is 2.23. The van der Waals surface area contributed by atoms with Gasteiger partial charge in [-0.1, -0.05) is 43.3 Å². The molecule has 8 heteroatoms. The van der Waals surface area contributed by atoms with E-state index in [2.05, 4.69) is 15.4 Å². The maximum Gasteiger partial charge on any atom is 0.243 e. The van der Waals surface area contributed by atoms with E-state index < -0.39 is 6.04 Å². The van der Waals surface area contributed by atoms with Crippen LogP contribution in [0.5, 0.6) is 0 Å². The Morgan fingerprint density at radius 2 is 1.91 bits per heavy atom. The Morgan fingerprint density at radius 3 is 2.61 bits per heavy atom. The monoisotopic (exact) mass is 449 g/mol. The number of hydrogen-bond acceptors (Lipinski definition) is 4. The zero-order chi connectivity index (χ0) is 23.5. The Bertz CT molecular complexity index is 1180. The van der Waals surface area contributed by atoms with Crippen LogP contribution in [-0.2, 0) is 22.6 Å². The van der Waals surface area contributed by atoms with Crippen LogP contribution in [0.25, 0.3) is 11.1 Å². The summed E-state index contributed by atoms with van der Waals surface area (Å²) in [6.45, 7) is 6.83. The molecule has 0 saturated carbocycles. The van der Waals surface area contributed by atoms with Crippen LogP contribution in [0.15, 0.2) is 48.5 Å². The van der Waals surface area contributed by atoms with Crippen LogP contribution in [0.3, 0.4) is 0 Å². The first-order valence-corrected chi connectivity index (χ1v) is 11.1. The van der Waals surface area contributed by atoms with Crippen molar-refractivity contribution < 1.29 is 14.0 Å². The largest absolute Gasteiger partial charge is 0.353 e. The summed E-state index contributed by atoms with van der Waals surface area (Å²) >= 11 is 0. The normalized spacial score (nSPS) is 17.0. The first-order chi connectivity index (χ1) is 15.8. The highest BCUT2D eigenvalue weighted by molar-refractivity contribution is 5.89. The van der Waals surface area contributed by atoms with E-state index in [1.165, 1.54) is 12.1 Å². The number of rotatable bonds is 6. The van der Waals surface area contributed by atoms with Gasteiger partial charge in [0.05, 0.1) is 12.5 Å². The summed E-state index contributed by atoms with van der Waals surface area (Å²) in [5, 5.41) is 7.24. The van der Waals surface area contributed by atoms with Crippen molar-refractivity contribution in [3.63, 3.8) is 0 Å². The van der Waals surface area contributed by atoms with E-state index in [0.717, 1.165) is 22.5 Å². The molecule has 1 saturated heterocycles. The number of carbonyl (C=O) groups is 2. The Kier molecular flexibility index (Phi) is 6.53. The zero-order valence-electron chi connectivity index (χ0n) is 19.1. The van der Waals surface area contributed by atoms with Crippen molar-refractivity contribution in [3.05, 3.63) is 71.6 Å². The van der Waals surface area contributed by atoms with Gasteiger partial charge >= 0.3 is 0 Å². The first-order valence-electron chi connectivity index (χ1n) is 11.1. The lowest BCUT2D eigenvalue weighted by Gasteiger charge is -2.36. The molecule has 1 aliphatic rings. The fourth-order valence-electron chi connectivity index (χ4n) is 4.31. The molecule has 0 bridgehead atoms. The van der Waals surface area contributed by atoms with Crippen LogP contribution < -0.4 is 5.32 Å². The number of nitrogens with zero attached hydrogens (tertiary/aromatic N) is 4. The minimum Gasteiger partial charge on any atom is -0.353 e. The summed E-state index contributed by atoms with van der Waals surface area (Å²) in [7, 11) is 0. The maximum atomic E-state index is 13.7. The van der Waals surface area contributed by atoms with E-state index in [1.54, 1.807) is 15.6 Å². The lowest BCUT2D eigenvalue weighted by molar-refractivity contribution is -0.146. The molecule has 1 aliphatic heterocycles. The second-order valence-electron chi connectivity index (χ2n) is 8.54. The van der Waals surface area contributed by atoms with Crippen molar-refractivity contribution >= 4 is 11.8 Å². The molecule has 2 unspecified atom stereocenters. The molecule has 3 aromatic rings. The topological polar surface area (TPSA) is 80.1 Å². The van der Waals surface area contributed by atoms with Gasteiger partial charge in [0.2, 0.25) is 11.8 Å². The first kappa shape index (κ1) is 22.6. The van der Waals surface area contributed by atoms with Crippen molar-refractivity contribution in [2.45, 2.75) is 39.8 Å². The van der Waals surface area contributed by atoms with E-state index >= 15 is 0 Å². The molecule has 2 aromatic carbocycles. The molecule has 0 radical (unpaired) electrons. The molecular formula is C25H28FN5O2. The van der Waals surface area contributed by atoms with Gasteiger partial charge in [-0.15, -0.1) is 0 Å². The number of nitrogens with one attached hydrogen (secondary N) is 1. The molecule has 4 rings (SSSR count). The third-order valence-electron chi connectivity index (χ3n) is 5.96. The fourth-order valence-corrected chi connectivity index (χ4v) is 4.31. The smallest absolute Gasteiger partial charge is 0.243 e. The van der Waals surface area contributed by atoms with Gasteiger partial charge in [-0.2, -0.15) is 5.10 Å². The van der Waals surface area contributed by atoms with Crippen LogP contribution in [0.4, 0.5) is 4.39 Å². The van der Waals surface area contributed by atoms with Gasteiger partial charge < -0.3 is 10.2 Å². The number of hydrogen-bond donors (Lipinski definition) is 1. The number of aromatic nitrogens is 3. The van der Waals surface area contributed by atoms with Gasteiger partial charge in [-0.3, -0.25) is 9.59 Å². The molecule has 1 aromatic heterocycles. The van der Waals surface area contributed by atoms with Crippen molar-refractivity contribution in [1.29, 1.82) is 0 Å². The molecule has 172 valence electrons. The van der Waals surface area contributed by atoms with Crippen molar-refractivity contribution in [3.8, 4) is 11.1 Å². The molecule has 0 spiro atoms. The van der Waals surface area contributed by atoms with Crippen molar-refractivity contribution in [2.75, 3.05) is 13.1 Å². The lowest BCUT2D eigenvalue weighted by atomic mass is 9.96. The van der Waals surface area contributed by atoms with Crippen molar-refractivity contribution in [2.24, 2.45) is 5.92 Å². The summed E-state index contributed by atoms with van der Waals surface area (Å²) < 4.78 is 15.4. The zero-order valence-corrected chi connectivity index (χ0v) is 19.1. The lowest BCUT2D eigenvalue weighted by Crippen LogP contribution is -2.59. The Labute approximate surface area is 192 Å². The Morgan fingerprint density at radius 1 is 1.18 bits per heavy atom. The number of halogens is 1. The summed E-state index contributed by atoms with van der Waals surface area (Å²) in [5.41, 5.74) is 2.54. The minimum absolute atomic E-state index is 0.0799.